The van der Waals surface area contributed by atoms with Crippen molar-refractivity contribution in [3.05, 3.63) is 200 Å². The predicted molar refractivity (Wildman–Crippen MR) is 237 cm³/mol. The van der Waals surface area contributed by atoms with Crippen molar-refractivity contribution in [1.29, 1.82) is 0 Å². The molecule has 0 amide bonds. The maximum atomic E-state index is 5.21. The van der Waals surface area contributed by atoms with Crippen LogP contribution in [-0.4, -0.2) is 4.98 Å². The van der Waals surface area contributed by atoms with Gasteiger partial charge in [0.05, 0.1) is 11.4 Å². The van der Waals surface area contributed by atoms with Gasteiger partial charge in [-0.3, -0.25) is 0 Å². The lowest BCUT2D eigenvalue weighted by Gasteiger charge is -2.13. The number of rotatable bonds is 5. The van der Waals surface area contributed by atoms with Gasteiger partial charge in [-0.05, 0) is 102 Å². The first-order valence-corrected chi connectivity index (χ1v) is 19.6. The topological polar surface area (TPSA) is 12.9 Å². The highest BCUT2D eigenvalue weighted by Gasteiger charge is 2.13. The Balaban J connectivity index is 0.963. The number of hydrogen-bond acceptors (Lipinski definition) is 2. The molecule has 2 heteroatoms. The summed E-state index contributed by atoms with van der Waals surface area (Å²) in [6.07, 6.45) is 0. The molecule has 1 nitrogen and oxygen atoms in total. The van der Waals surface area contributed by atoms with Gasteiger partial charge in [0.25, 0.3) is 0 Å². The van der Waals surface area contributed by atoms with Crippen molar-refractivity contribution in [3.8, 4) is 55.9 Å². The van der Waals surface area contributed by atoms with E-state index in [1.807, 2.05) is 11.3 Å². The molecule has 0 aliphatic carbocycles. The average Bonchev–Trinajstić information content (AvgIpc) is 3.65. The Hall–Kier alpha value is -6.87. The summed E-state index contributed by atoms with van der Waals surface area (Å²) >= 11 is 1.86. The average molecular weight is 716 g/mol. The van der Waals surface area contributed by atoms with Crippen LogP contribution < -0.4 is 0 Å². The van der Waals surface area contributed by atoms with E-state index in [4.69, 9.17) is 4.98 Å². The summed E-state index contributed by atoms with van der Waals surface area (Å²) in [5, 5.41) is 10.4. The van der Waals surface area contributed by atoms with E-state index in [0.717, 1.165) is 33.6 Å². The molecule has 0 saturated carbocycles. The van der Waals surface area contributed by atoms with Crippen molar-refractivity contribution < 1.29 is 0 Å². The van der Waals surface area contributed by atoms with Crippen LogP contribution in [0.15, 0.2) is 200 Å². The Bertz CT molecular complexity index is 3190. The van der Waals surface area contributed by atoms with E-state index >= 15 is 0 Å². The summed E-state index contributed by atoms with van der Waals surface area (Å²) in [6.45, 7) is 0. The molecule has 256 valence electrons. The smallest absolute Gasteiger partial charge is 0.0715 e. The highest BCUT2D eigenvalue weighted by atomic mass is 32.1. The fraction of sp³-hybridized carbons (Fsp3) is 0. The third-order valence-electron chi connectivity index (χ3n) is 11.1. The number of pyridine rings is 1. The van der Waals surface area contributed by atoms with Crippen molar-refractivity contribution in [2.75, 3.05) is 0 Å². The fourth-order valence-corrected chi connectivity index (χ4v) is 9.37. The number of aromatic nitrogens is 1. The molecule has 0 bridgehead atoms. The monoisotopic (exact) mass is 715 g/mol. The van der Waals surface area contributed by atoms with Crippen LogP contribution in [0.1, 0.15) is 0 Å². The lowest BCUT2D eigenvalue weighted by Crippen LogP contribution is -1.91. The van der Waals surface area contributed by atoms with Crippen LogP contribution in [0.25, 0.3) is 108 Å². The zero-order chi connectivity index (χ0) is 36.3. The first kappa shape index (κ1) is 31.6. The standard InChI is InChI=1S/C53H33NS/c1-2-10-37(11-3-1)50-32-41(33-51(54-50)38-24-22-35(23-25-38)40-27-29-53-49(31-40)47-16-8-9-17-52(47)55-53)36-20-18-34(19-21-36)39-26-28-46-44-14-5-4-12-42(44)43-13-6-7-15-45(43)48(46)30-39/h1-33H. The summed E-state index contributed by atoms with van der Waals surface area (Å²) < 4.78 is 2.65. The molecule has 11 rings (SSSR count). The van der Waals surface area contributed by atoms with Gasteiger partial charge in [-0.1, -0.05) is 164 Å². The van der Waals surface area contributed by atoms with E-state index in [2.05, 4.69) is 200 Å². The van der Waals surface area contributed by atoms with E-state index in [1.165, 1.54) is 74.7 Å². The summed E-state index contributed by atoms with van der Waals surface area (Å²) in [7, 11) is 0. The largest absolute Gasteiger partial charge is 0.248 e. The molecule has 0 saturated heterocycles. The van der Waals surface area contributed by atoms with Crippen LogP contribution >= 0.6 is 11.3 Å². The third-order valence-corrected chi connectivity index (χ3v) is 12.2. The summed E-state index contributed by atoms with van der Waals surface area (Å²) in [5.74, 6) is 0. The number of hydrogen-bond donors (Lipinski definition) is 0. The normalized spacial score (nSPS) is 11.6. The molecule has 2 aromatic heterocycles. The predicted octanol–water partition coefficient (Wildman–Crippen LogP) is 15.2. The second-order valence-corrected chi connectivity index (χ2v) is 15.4. The van der Waals surface area contributed by atoms with Gasteiger partial charge in [0.15, 0.2) is 0 Å². The molecule has 0 aliphatic heterocycles. The van der Waals surface area contributed by atoms with Gasteiger partial charge in [-0.25, -0.2) is 4.98 Å². The molecular formula is C53H33NS. The fourth-order valence-electron chi connectivity index (χ4n) is 8.28. The van der Waals surface area contributed by atoms with Gasteiger partial charge < -0.3 is 0 Å². The maximum absolute atomic E-state index is 5.21. The molecular weight excluding hydrogens is 683 g/mol. The van der Waals surface area contributed by atoms with Crippen LogP contribution in [0.2, 0.25) is 0 Å². The van der Waals surface area contributed by atoms with Crippen molar-refractivity contribution in [3.63, 3.8) is 0 Å². The molecule has 0 fully saturated rings. The Morgan fingerprint density at radius 3 is 1.25 bits per heavy atom. The van der Waals surface area contributed by atoms with Crippen molar-refractivity contribution >= 4 is 63.8 Å². The molecule has 0 atom stereocenters. The Morgan fingerprint density at radius 2 is 0.636 bits per heavy atom. The maximum Gasteiger partial charge on any atom is 0.0715 e. The van der Waals surface area contributed by atoms with Crippen molar-refractivity contribution in [2.24, 2.45) is 0 Å². The zero-order valence-electron chi connectivity index (χ0n) is 29.9. The highest BCUT2D eigenvalue weighted by molar-refractivity contribution is 7.25. The molecule has 0 spiro atoms. The van der Waals surface area contributed by atoms with Gasteiger partial charge in [-0.2, -0.15) is 0 Å². The van der Waals surface area contributed by atoms with Crippen LogP contribution in [0.4, 0.5) is 0 Å². The summed E-state index contributed by atoms with van der Waals surface area (Å²) in [6, 6.07) is 72.8. The number of benzene rings is 9. The van der Waals surface area contributed by atoms with E-state index in [9.17, 15) is 0 Å². The minimum absolute atomic E-state index is 0.958. The minimum atomic E-state index is 0.958. The van der Waals surface area contributed by atoms with E-state index < -0.39 is 0 Å². The van der Waals surface area contributed by atoms with Crippen molar-refractivity contribution in [2.45, 2.75) is 0 Å². The Labute approximate surface area is 323 Å². The molecule has 0 unspecified atom stereocenters. The number of fused-ring (bicyclic) bond motifs is 9. The van der Waals surface area contributed by atoms with Gasteiger partial charge in [-0.15, -0.1) is 11.3 Å². The minimum Gasteiger partial charge on any atom is -0.248 e. The second-order valence-electron chi connectivity index (χ2n) is 14.3. The van der Waals surface area contributed by atoms with Crippen molar-refractivity contribution in [1.82, 2.24) is 4.98 Å². The Morgan fingerprint density at radius 1 is 0.236 bits per heavy atom. The molecule has 0 radical (unpaired) electrons. The molecule has 9 aromatic carbocycles. The number of thiophene rings is 1. The Kier molecular flexibility index (Phi) is 7.43. The van der Waals surface area contributed by atoms with Crippen LogP contribution in [0, 0.1) is 0 Å². The third kappa shape index (κ3) is 5.50. The first-order chi connectivity index (χ1) is 27.2. The lowest BCUT2D eigenvalue weighted by atomic mass is 9.91. The molecule has 55 heavy (non-hydrogen) atoms. The van der Waals surface area contributed by atoms with Gasteiger partial charge in [0.2, 0.25) is 0 Å². The van der Waals surface area contributed by atoms with Crippen LogP contribution in [0.5, 0.6) is 0 Å². The van der Waals surface area contributed by atoms with Gasteiger partial charge in [0, 0.05) is 31.3 Å². The lowest BCUT2D eigenvalue weighted by molar-refractivity contribution is 1.32. The highest BCUT2D eigenvalue weighted by Crippen LogP contribution is 2.39. The van der Waals surface area contributed by atoms with E-state index in [0.29, 0.717) is 0 Å². The van der Waals surface area contributed by atoms with E-state index in [1.54, 1.807) is 0 Å². The molecule has 0 N–H and O–H groups in total. The second kappa shape index (κ2) is 12.9. The summed E-state index contributed by atoms with van der Waals surface area (Å²) in [5.41, 5.74) is 11.3. The summed E-state index contributed by atoms with van der Waals surface area (Å²) in [4.78, 5) is 5.21. The zero-order valence-corrected chi connectivity index (χ0v) is 30.7. The first-order valence-electron chi connectivity index (χ1n) is 18.8. The van der Waals surface area contributed by atoms with E-state index in [-0.39, 0.29) is 0 Å². The van der Waals surface area contributed by atoms with Gasteiger partial charge in [0.1, 0.15) is 0 Å². The van der Waals surface area contributed by atoms with Gasteiger partial charge >= 0.3 is 0 Å². The molecule has 2 heterocycles. The quantitative estimate of drug-likeness (QED) is 0.162. The van der Waals surface area contributed by atoms with Crippen LogP contribution in [0.3, 0.4) is 0 Å². The SMILES string of the molecule is c1ccc(-c2cc(-c3ccc(-c4ccc5c6ccccc6c6ccccc6c5c4)cc3)cc(-c3ccc(-c4ccc5sc6ccccc6c5c4)cc3)n2)cc1. The molecule has 11 aromatic rings. The van der Waals surface area contributed by atoms with Crippen LogP contribution in [-0.2, 0) is 0 Å². The molecule has 0 aliphatic rings. The number of nitrogens with zero attached hydrogens (tertiary/aromatic N) is 1.